The van der Waals surface area contributed by atoms with Crippen molar-refractivity contribution in [3.05, 3.63) is 53.9 Å². The summed E-state index contributed by atoms with van der Waals surface area (Å²) in [6, 6.07) is 5.37. The maximum atomic E-state index is 12.8. The molecule has 9 nitrogen and oxygen atoms in total. The summed E-state index contributed by atoms with van der Waals surface area (Å²) >= 11 is 0. The molecule has 0 radical (unpaired) electrons. The van der Waals surface area contributed by atoms with Crippen molar-refractivity contribution in [3.63, 3.8) is 0 Å². The minimum atomic E-state index is -0.141. The average molecular weight is 353 g/mol. The fraction of sp³-hybridized carbons (Fsp3) is 0.353. The Hall–Kier alpha value is -3.23. The number of aromatic nitrogens is 5. The molecule has 1 aliphatic heterocycles. The summed E-state index contributed by atoms with van der Waals surface area (Å²) in [7, 11) is 0. The predicted octanol–water partition coefficient (Wildman–Crippen LogP) is 1.35. The van der Waals surface area contributed by atoms with E-state index in [4.69, 9.17) is 4.52 Å². The lowest BCUT2D eigenvalue weighted by Gasteiger charge is -2.23. The van der Waals surface area contributed by atoms with Gasteiger partial charge in [-0.2, -0.15) is 5.10 Å². The van der Waals surface area contributed by atoms with Crippen LogP contribution in [-0.2, 0) is 13.1 Å². The summed E-state index contributed by atoms with van der Waals surface area (Å²) in [6.45, 7) is 4.18. The van der Waals surface area contributed by atoms with Crippen LogP contribution in [0.4, 0.5) is 5.95 Å². The number of rotatable bonds is 4. The van der Waals surface area contributed by atoms with Crippen molar-refractivity contribution in [2.75, 3.05) is 18.4 Å². The predicted molar refractivity (Wildman–Crippen MR) is 92.2 cm³/mol. The SMILES string of the molecule is Cc1cc(C(=O)N2Cc3ccnn3C[C@@H](CNc3ncccn3)C2)no1. The van der Waals surface area contributed by atoms with Gasteiger partial charge in [-0.1, -0.05) is 5.16 Å². The van der Waals surface area contributed by atoms with E-state index in [0.717, 1.165) is 5.69 Å². The second kappa shape index (κ2) is 6.95. The summed E-state index contributed by atoms with van der Waals surface area (Å²) < 4.78 is 6.99. The number of hydrogen-bond donors (Lipinski definition) is 1. The van der Waals surface area contributed by atoms with Crippen LogP contribution in [0, 0.1) is 12.8 Å². The van der Waals surface area contributed by atoms with Gasteiger partial charge >= 0.3 is 0 Å². The van der Waals surface area contributed by atoms with E-state index in [0.29, 0.717) is 43.6 Å². The Morgan fingerprint density at radius 2 is 2.15 bits per heavy atom. The molecule has 0 spiro atoms. The topological polar surface area (TPSA) is 102 Å². The van der Waals surface area contributed by atoms with Crippen LogP contribution in [0.5, 0.6) is 0 Å². The highest BCUT2D eigenvalue weighted by Gasteiger charge is 2.27. The molecule has 3 aromatic heterocycles. The molecule has 0 bridgehead atoms. The van der Waals surface area contributed by atoms with Gasteiger partial charge in [0.1, 0.15) is 5.76 Å². The molecule has 0 aliphatic carbocycles. The van der Waals surface area contributed by atoms with Crippen LogP contribution < -0.4 is 5.32 Å². The Morgan fingerprint density at radius 3 is 2.92 bits per heavy atom. The summed E-state index contributed by atoms with van der Waals surface area (Å²) in [6.07, 6.45) is 5.14. The number of nitrogens with one attached hydrogen (secondary N) is 1. The van der Waals surface area contributed by atoms with Crippen molar-refractivity contribution in [2.45, 2.75) is 20.0 Å². The first kappa shape index (κ1) is 16.2. The molecule has 0 unspecified atom stereocenters. The highest BCUT2D eigenvalue weighted by Crippen LogP contribution is 2.18. The Kier molecular flexibility index (Phi) is 4.34. The van der Waals surface area contributed by atoms with E-state index in [9.17, 15) is 4.79 Å². The zero-order valence-electron chi connectivity index (χ0n) is 14.4. The molecule has 4 heterocycles. The van der Waals surface area contributed by atoms with Crippen LogP contribution in [-0.4, -0.2) is 48.8 Å². The molecule has 0 saturated heterocycles. The van der Waals surface area contributed by atoms with E-state index in [2.05, 4.69) is 25.5 Å². The number of fused-ring (bicyclic) bond motifs is 1. The monoisotopic (exact) mass is 353 g/mol. The summed E-state index contributed by atoms with van der Waals surface area (Å²) in [5.74, 6) is 1.20. The summed E-state index contributed by atoms with van der Waals surface area (Å²) in [5, 5.41) is 11.5. The lowest BCUT2D eigenvalue weighted by Crippen LogP contribution is -2.36. The van der Waals surface area contributed by atoms with Gasteiger partial charge in [-0.05, 0) is 19.1 Å². The van der Waals surface area contributed by atoms with E-state index in [-0.39, 0.29) is 11.8 Å². The third-order valence-electron chi connectivity index (χ3n) is 4.32. The normalized spacial score (nSPS) is 16.8. The maximum absolute atomic E-state index is 12.8. The smallest absolute Gasteiger partial charge is 0.276 e. The van der Waals surface area contributed by atoms with Crippen molar-refractivity contribution in [2.24, 2.45) is 5.92 Å². The molecular weight excluding hydrogens is 334 g/mol. The number of carbonyl (C=O) groups excluding carboxylic acids is 1. The second-order valence-corrected chi connectivity index (χ2v) is 6.33. The van der Waals surface area contributed by atoms with E-state index < -0.39 is 0 Å². The second-order valence-electron chi connectivity index (χ2n) is 6.33. The third-order valence-corrected chi connectivity index (χ3v) is 4.32. The van der Waals surface area contributed by atoms with Crippen molar-refractivity contribution < 1.29 is 9.32 Å². The van der Waals surface area contributed by atoms with Crippen LogP contribution in [0.3, 0.4) is 0 Å². The first-order valence-corrected chi connectivity index (χ1v) is 8.43. The minimum Gasteiger partial charge on any atom is -0.361 e. The molecule has 1 aliphatic rings. The standard InChI is InChI=1S/C17H19N7O2/c1-12-7-15(22-26-12)16(25)23-9-13(8-20-17-18-4-2-5-19-17)10-24-14(11-23)3-6-21-24/h2-7,13H,8-11H2,1H3,(H,18,19,20)/t13-/m0/s1. The van der Waals surface area contributed by atoms with Crippen molar-refractivity contribution in [1.82, 2.24) is 29.8 Å². The quantitative estimate of drug-likeness (QED) is 0.755. The molecule has 0 saturated carbocycles. The number of hydrogen-bond acceptors (Lipinski definition) is 7. The Labute approximate surface area is 150 Å². The zero-order chi connectivity index (χ0) is 17.9. The van der Waals surface area contributed by atoms with E-state index >= 15 is 0 Å². The van der Waals surface area contributed by atoms with Crippen LogP contribution in [0.25, 0.3) is 0 Å². The van der Waals surface area contributed by atoms with Crippen LogP contribution >= 0.6 is 0 Å². The fourth-order valence-corrected chi connectivity index (χ4v) is 3.07. The van der Waals surface area contributed by atoms with Crippen molar-refractivity contribution >= 4 is 11.9 Å². The van der Waals surface area contributed by atoms with E-state index in [1.807, 2.05) is 10.7 Å². The number of anilines is 1. The molecule has 134 valence electrons. The first-order valence-electron chi connectivity index (χ1n) is 8.43. The number of nitrogens with zero attached hydrogens (tertiary/aromatic N) is 6. The highest BCUT2D eigenvalue weighted by atomic mass is 16.5. The van der Waals surface area contributed by atoms with E-state index in [1.165, 1.54) is 0 Å². The Bertz CT molecular complexity index is 889. The van der Waals surface area contributed by atoms with Gasteiger partial charge in [-0.25, -0.2) is 9.97 Å². The number of amides is 1. The van der Waals surface area contributed by atoms with Gasteiger partial charge in [-0.15, -0.1) is 0 Å². The third kappa shape index (κ3) is 3.41. The van der Waals surface area contributed by atoms with Crippen molar-refractivity contribution in [1.29, 1.82) is 0 Å². The molecule has 1 N–H and O–H groups in total. The first-order chi connectivity index (χ1) is 12.7. The molecule has 26 heavy (non-hydrogen) atoms. The number of aryl methyl sites for hydroxylation is 1. The molecule has 3 aromatic rings. The largest absolute Gasteiger partial charge is 0.361 e. The molecule has 0 fully saturated rings. The van der Waals surface area contributed by atoms with Gasteiger partial charge in [0.25, 0.3) is 5.91 Å². The molecule has 0 aromatic carbocycles. The van der Waals surface area contributed by atoms with Crippen LogP contribution in [0.15, 0.2) is 41.3 Å². The van der Waals surface area contributed by atoms with E-state index in [1.54, 1.807) is 42.5 Å². The van der Waals surface area contributed by atoms with Crippen LogP contribution in [0.2, 0.25) is 0 Å². The Morgan fingerprint density at radius 1 is 1.31 bits per heavy atom. The van der Waals surface area contributed by atoms with Gasteiger partial charge in [0.05, 0.1) is 12.2 Å². The van der Waals surface area contributed by atoms with Gasteiger partial charge in [0.15, 0.2) is 5.69 Å². The molecular formula is C17H19N7O2. The van der Waals surface area contributed by atoms with Gasteiger partial charge in [0, 0.05) is 50.2 Å². The molecule has 1 amide bonds. The molecule has 9 heteroatoms. The van der Waals surface area contributed by atoms with Gasteiger partial charge in [0.2, 0.25) is 5.95 Å². The highest BCUT2D eigenvalue weighted by molar-refractivity contribution is 5.92. The Balaban J connectivity index is 1.52. The van der Waals surface area contributed by atoms with Crippen molar-refractivity contribution in [3.8, 4) is 0 Å². The minimum absolute atomic E-state index is 0.141. The average Bonchev–Trinajstić information content (AvgIpc) is 3.24. The zero-order valence-corrected chi connectivity index (χ0v) is 14.4. The van der Waals surface area contributed by atoms with Gasteiger partial charge < -0.3 is 14.7 Å². The van der Waals surface area contributed by atoms with Gasteiger partial charge in [-0.3, -0.25) is 9.48 Å². The molecule has 1 atom stereocenters. The fourth-order valence-electron chi connectivity index (χ4n) is 3.07. The molecule has 4 rings (SSSR count). The maximum Gasteiger partial charge on any atom is 0.276 e. The summed E-state index contributed by atoms with van der Waals surface area (Å²) in [5.41, 5.74) is 1.32. The van der Waals surface area contributed by atoms with Crippen LogP contribution in [0.1, 0.15) is 21.9 Å². The lowest BCUT2D eigenvalue weighted by atomic mass is 10.1. The summed E-state index contributed by atoms with van der Waals surface area (Å²) in [4.78, 5) is 23.0. The number of carbonyl (C=O) groups is 1. The lowest BCUT2D eigenvalue weighted by molar-refractivity contribution is 0.0713.